The molecule has 0 bridgehead atoms. The van der Waals surface area contributed by atoms with Gasteiger partial charge in [-0.2, -0.15) is 0 Å². The molecule has 0 spiro atoms. The molecule has 3 rings (SSSR count). The first kappa shape index (κ1) is 18.3. The van der Waals surface area contributed by atoms with Crippen LogP contribution in [0.15, 0.2) is 36.4 Å². The topological polar surface area (TPSA) is 54.3 Å². The highest BCUT2D eigenvalue weighted by Gasteiger charge is 2.15. The number of aromatic amines is 1. The SMILES string of the molecule is COc1cc(C)c2[nH]c(-c3ccc(N(C)C)cc3)c(CCCCN)c2c1. The minimum absolute atomic E-state index is 0.734. The Morgan fingerprint density at radius 1 is 1.08 bits per heavy atom. The minimum atomic E-state index is 0.734. The second-order valence-electron chi connectivity index (χ2n) is 7.03. The van der Waals surface area contributed by atoms with Crippen LogP contribution in [0.5, 0.6) is 5.75 Å². The van der Waals surface area contributed by atoms with Gasteiger partial charge in [0.15, 0.2) is 0 Å². The molecule has 4 heteroatoms. The average molecular weight is 351 g/mol. The molecule has 2 aromatic carbocycles. The number of ether oxygens (including phenoxy) is 1. The van der Waals surface area contributed by atoms with Crippen LogP contribution in [0.1, 0.15) is 24.0 Å². The number of H-pyrrole nitrogens is 1. The monoisotopic (exact) mass is 351 g/mol. The van der Waals surface area contributed by atoms with Crippen molar-refractivity contribution in [1.29, 1.82) is 0 Å². The molecule has 0 aliphatic heterocycles. The van der Waals surface area contributed by atoms with E-state index >= 15 is 0 Å². The molecule has 0 fully saturated rings. The third-order valence-electron chi connectivity index (χ3n) is 4.97. The highest BCUT2D eigenvalue weighted by Crippen LogP contribution is 2.36. The van der Waals surface area contributed by atoms with Crippen molar-refractivity contribution >= 4 is 16.6 Å². The summed E-state index contributed by atoms with van der Waals surface area (Å²) in [4.78, 5) is 5.79. The molecular weight excluding hydrogens is 322 g/mol. The van der Waals surface area contributed by atoms with E-state index in [1.54, 1.807) is 7.11 Å². The van der Waals surface area contributed by atoms with Crippen LogP contribution in [-0.4, -0.2) is 32.7 Å². The molecule has 0 radical (unpaired) electrons. The van der Waals surface area contributed by atoms with Gasteiger partial charge in [-0.05, 0) is 73.7 Å². The Morgan fingerprint density at radius 2 is 1.81 bits per heavy atom. The summed E-state index contributed by atoms with van der Waals surface area (Å²) in [6.45, 7) is 2.86. The molecule has 4 nitrogen and oxygen atoms in total. The zero-order valence-electron chi connectivity index (χ0n) is 16.2. The number of aryl methyl sites for hydroxylation is 2. The highest BCUT2D eigenvalue weighted by molar-refractivity contribution is 5.94. The normalized spacial score (nSPS) is 11.1. The van der Waals surface area contributed by atoms with Crippen molar-refractivity contribution in [2.45, 2.75) is 26.2 Å². The molecule has 0 atom stereocenters. The smallest absolute Gasteiger partial charge is 0.119 e. The third-order valence-corrected chi connectivity index (χ3v) is 4.97. The number of nitrogens with zero attached hydrogens (tertiary/aromatic N) is 1. The fraction of sp³-hybridized carbons (Fsp3) is 0.364. The number of nitrogens with one attached hydrogen (secondary N) is 1. The van der Waals surface area contributed by atoms with E-state index in [0.29, 0.717) is 0 Å². The van der Waals surface area contributed by atoms with Crippen LogP contribution in [0.3, 0.4) is 0 Å². The fourth-order valence-corrected chi connectivity index (χ4v) is 3.49. The average Bonchev–Trinajstić information content (AvgIpc) is 3.01. The van der Waals surface area contributed by atoms with Crippen LogP contribution >= 0.6 is 0 Å². The lowest BCUT2D eigenvalue weighted by Crippen LogP contribution is -2.07. The Hall–Kier alpha value is -2.46. The van der Waals surface area contributed by atoms with Gasteiger partial charge in [0.2, 0.25) is 0 Å². The van der Waals surface area contributed by atoms with E-state index < -0.39 is 0 Å². The summed E-state index contributed by atoms with van der Waals surface area (Å²) < 4.78 is 5.50. The molecule has 1 aromatic heterocycles. The Balaban J connectivity index is 2.13. The van der Waals surface area contributed by atoms with Crippen LogP contribution in [-0.2, 0) is 6.42 Å². The third kappa shape index (κ3) is 3.56. The lowest BCUT2D eigenvalue weighted by molar-refractivity contribution is 0.415. The largest absolute Gasteiger partial charge is 0.497 e. The van der Waals surface area contributed by atoms with Crippen LogP contribution in [0.25, 0.3) is 22.2 Å². The number of methoxy groups -OCH3 is 1. The number of fused-ring (bicyclic) bond motifs is 1. The number of unbranched alkanes of at least 4 members (excludes halogenated alkanes) is 1. The van der Waals surface area contributed by atoms with Crippen LogP contribution in [0, 0.1) is 6.92 Å². The summed E-state index contributed by atoms with van der Waals surface area (Å²) in [6.07, 6.45) is 3.13. The maximum absolute atomic E-state index is 5.71. The molecule has 138 valence electrons. The van der Waals surface area contributed by atoms with Gasteiger partial charge in [-0.3, -0.25) is 0 Å². The van der Waals surface area contributed by atoms with E-state index in [1.807, 2.05) is 0 Å². The Labute approximate surface area is 156 Å². The van der Waals surface area contributed by atoms with Gasteiger partial charge in [-0.25, -0.2) is 0 Å². The summed E-state index contributed by atoms with van der Waals surface area (Å²) in [6, 6.07) is 12.9. The van der Waals surface area contributed by atoms with Crippen molar-refractivity contribution in [3.05, 3.63) is 47.5 Å². The molecule has 0 saturated heterocycles. The molecule has 1 heterocycles. The highest BCUT2D eigenvalue weighted by atomic mass is 16.5. The number of aromatic nitrogens is 1. The predicted octanol–water partition coefficient (Wildman–Crippen LogP) is 4.50. The first-order chi connectivity index (χ1) is 12.5. The standard InChI is InChI=1S/C22H29N3O/c1-15-13-18(26-4)14-20-19(7-5-6-12-23)22(24-21(15)20)16-8-10-17(11-9-16)25(2)3/h8-11,13-14,24H,5-7,12,23H2,1-4H3. The van der Waals surface area contributed by atoms with Gasteiger partial charge in [0.25, 0.3) is 0 Å². The number of anilines is 1. The molecule has 0 saturated carbocycles. The first-order valence-corrected chi connectivity index (χ1v) is 9.22. The van der Waals surface area contributed by atoms with E-state index in [4.69, 9.17) is 10.5 Å². The Morgan fingerprint density at radius 3 is 2.42 bits per heavy atom. The number of rotatable bonds is 7. The van der Waals surface area contributed by atoms with Crippen molar-refractivity contribution in [2.75, 3.05) is 32.6 Å². The molecule has 3 aromatic rings. The van der Waals surface area contributed by atoms with Crippen LogP contribution in [0.2, 0.25) is 0 Å². The zero-order chi connectivity index (χ0) is 18.7. The molecule has 3 N–H and O–H groups in total. The summed E-state index contributed by atoms with van der Waals surface area (Å²) in [5.74, 6) is 0.906. The Kier molecular flexibility index (Phi) is 5.52. The van der Waals surface area contributed by atoms with Crippen molar-refractivity contribution in [2.24, 2.45) is 5.73 Å². The summed E-state index contributed by atoms with van der Waals surface area (Å²) in [5.41, 5.74) is 13.1. The van der Waals surface area contributed by atoms with E-state index in [-0.39, 0.29) is 0 Å². The van der Waals surface area contributed by atoms with Crippen LogP contribution in [0.4, 0.5) is 5.69 Å². The van der Waals surface area contributed by atoms with Crippen molar-refractivity contribution in [3.63, 3.8) is 0 Å². The lowest BCUT2D eigenvalue weighted by Gasteiger charge is -2.13. The van der Waals surface area contributed by atoms with Crippen molar-refractivity contribution < 1.29 is 4.74 Å². The minimum Gasteiger partial charge on any atom is -0.497 e. The number of hydrogen-bond acceptors (Lipinski definition) is 3. The molecule has 26 heavy (non-hydrogen) atoms. The van der Waals surface area contributed by atoms with Gasteiger partial charge >= 0.3 is 0 Å². The maximum Gasteiger partial charge on any atom is 0.119 e. The van der Waals surface area contributed by atoms with Gasteiger partial charge in [0, 0.05) is 36.4 Å². The maximum atomic E-state index is 5.71. The predicted molar refractivity (Wildman–Crippen MR) is 111 cm³/mol. The zero-order valence-corrected chi connectivity index (χ0v) is 16.2. The van der Waals surface area contributed by atoms with Gasteiger partial charge in [0.1, 0.15) is 5.75 Å². The molecular formula is C22H29N3O. The van der Waals surface area contributed by atoms with Gasteiger partial charge in [0.05, 0.1) is 7.11 Å². The number of benzene rings is 2. The number of hydrogen-bond donors (Lipinski definition) is 2. The van der Waals surface area contributed by atoms with E-state index in [2.05, 4.69) is 67.3 Å². The summed E-state index contributed by atoms with van der Waals surface area (Å²) in [5, 5.41) is 1.26. The van der Waals surface area contributed by atoms with Gasteiger partial charge in [-0.1, -0.05) is 12.1 Å². The summed E-state index contributed by atoms with van der Waals surface area (Å²) >= 11 is 0. The van der Waals surface area contributed by atoms with E-state index in [9.17, 15) is 0 Å². The second-order valence-corrected chi connectivity index (χ2v) is 7.03. The molecule has 0 aliphatic rings. The van der Waals surface area contributed by atoms with Crippen molar-refractivity contribution in [3.8, 4) is 17.0 Å². The van der Waals surface area contributed by atoms with E-state index in [0.717, 1.165) is 31.6 Å². The summed E-state index contributed by atoms with van der Waals surface area (Å²) in [7, 11) is 5.85. The lowest BCUT2D eigenvalue weighted by atomic mass is 9.99. The molecule has 0 aliphatic carbocycles. The Bertz CT molecular complexity index is 879. The van der Waals surface area contributed by atoms with E-state index in [1.165, 1.54) is 39.0 Å². The first-order valence-electron chi connectivity index (χ1n) is 9.22. The van der Waals surface area contributed by atoms with Gasteiger partial charge < -0.3 is 20.4 Å². The quantitative estimate of drug-likeness (QED) is 0.616. The van der Waals surface area contributed by atoms with Crippen LogP contribution < -0.4 is 15.4 Å². The fourth-order valence-electron chi connectivity index (χ4n) is 3.49. The molecule has 0 amide bonds. The second kappa shape index (κ2) is 7.83. The number of nitrogens with two attached hydrogens (primary N) is 1. The van der Waals surface area contributed by atoms with Gasteiger partial charge in [-0.15, -0.1) is 0 Å². The molecule has 0 unspecified atom stereocenters. The van der Waals surface area contributed by atoms with Crippen molar-refractivity contribution in [1.82, 2.24) is 4.98 Å².